The Hall–Kier alpha value is -7.60. The Kier molecular flexibility index (Phi) is 14.9. The summed E-state index contributed by atoms with van der Waals surface area (Å²) in [7, 11) is 0. The van der Waals surface area contributed by atoms with Crippen LogP contribution in [0.1, 0.15) is 43.2 Å². The number of hydrogen-bond donors (Lipinski definition) is 2. The summed E-state index contributed by atoms with van der Waals surface area (Å²) < 4.78 is 130. The molecule has 372 valence electrons. The molecule has 2 N–H and O–H groups in total. The Morgan fingerprint density at radius 1 is 0.704 bits per heavy atom. The second kappa shape index (κ2) is 21.2. The molecular weight excluding hydrogens is 953 g/mol. The molecule has 1 unspecified atom stereocenters. The number of alkyl halides is 8. The SMILES string of the molecule is Cc1ncc(NC(=O)c2cncc(C(F)(F)F)c2)cc1-c1cnc(OCC(F)F)c(N2CCOC(COc3ncc(-c4cc(NC(=O)c5cccc(C(F)(F)F)c5)nnc4C)cc3N3CCOCC3)C2)c1. The van der Waals surface area contributed by atoms with E-state index in [4.69, 9.17) is 18.9 Å². The molecule has 2 aliphatic rings. The van der Waals surface area contributed by atoms with Crippen LogP contribution in [-0.2, 0) is 21.8 Å². The van der Waals surface area contributed by atoms with Crippen molar-refractivity contribution in [2.45, 2.75) is 38.7 Å². The monoisotopic (exact) mass is 994 g/mol. The second-order valence-corrected chi connectivity index (χ2v) is 16.2. The van der Waals surface area contributed by atoms with Crippen LogP contribution in [0.15, 0.2) is 85.6 Å². The average molecular weight is 995 g/mol. The van der Waals surface area contributed by atoms with E-state index in [2.05, 4.69) is 40.8 Å². The highest BCUT2D eigenvalue weighted by molar-refractivity contribution is 6.05. The van der Waals surface area contributed by atoms with E-state index in [-0.39, 0.29) is 54.2 Å². The molecule has 2 fully saturated rings. The van der Waals surface area contributed by atoms with E-state index in [1.54, 1.807) is 32.2 Å². The number of amides is 2. The molecular formula is C47H42F8N10O6. The Balaban J connectivity index is 1.01. The quantitative estimate of drug-likeness (QED) is 0.0996. The molecule has 2 saturated heterocycles. The number of nitrogens with one attached hydrogen (secondary N) is 2. The first kappa shape index (κ1) is 49.8. The molecule has 2 amide bonds. The van der Waals surface area contributed by atoms with Gasteiger partial charge in [-0.3, -0.25) is 19.6 Å². The van der Waals surface area contributed by atoms with Gasteiger partial charge in [-0.25, -0.2) is 18.7 Å². The van der Waals surface area contributed by atoms with Crippen LogP contribution in [0.4, 0.5) is 58.0 Å². The van der Waals surface area contributed by atoms with Gasteiger partial charge in [0, 0.05) is 84.5 Å². The van der Waals surface area contributed by atoms with Crippen molar-refractivity contribution in [1.82, 2.24) is 30.1 Å². The minimum atomic E-state index is -4.72. The van der Waals surface area contributed by atoms with Crippen LogP contribution >= 0.6 is 0 Å². The number of morpholine rings is 2. The maximum absolute atomic E-state index is 13.5. The largest absolute Gasteiger partial charge is 0.473 e. The van der Waals surface area contributed by atoms with Crippen LogP contribution in [0.25, 0.3) is 22.3 Å². The van der Waals surface area contributed by atoms with E-state index in [9.17, 15) is 44.7 Å². The summed E-state index contributed by atoms with van der Waals surface area (Å²) in [6.45, 7) is 4.88. The number of nitrogens with zero attached hydrogens (tertiary/aromatic N) is 8. The first-order valence-electron chi connectivity index (χ1n) is 21.8. The number of hydrogen-bond acceptors (Lipinski definition) is 14. The van der Waals surface area contributed by atoms with Gasteiger partial charge >= 0.3 is 12.4 Å². The number of anilines is 4. The molecule has 16 nitrogen and oxygen atoms in total. The van der Waals surface area contributed by atoms with Gasteiger partial charge in [-0.2, -0.15) is 31.4 Å². The lowest BCUT2D eigenvalue weighted by Gasteiger charge is -2.35. The van der Waals surface area contributed by atoms with Gasteiger partial charge in [0.25, 0.3) is 18.2 Å². The summed E-state index contributed by atoms with van der Waals surface area (Å²) in [6.07, 6.45) is -6.90. The molecule has 0 aliphatic carbocycles. The topological polar surface area (TPSA) is 179 Å². The minimum Gasteiger partial charge on any atom is -0.473 e. The normalized spacial score (nSPS) is 15.4. The Morgan fingerprint density at radius 3 is 2.06 bits per heavy atom. The van der Waals surface area contributed by atoms with Crippen molar-refractivity contribution >= 4 is 34.7 Å². The van der Waals surface area contributed by atoms with Crippen molar-refractivity contribution in [3.63, 3.8) is 0 Å². The zero-order valence-electron chi connectivity index (χ0n) is 37.7. The summed E-state index contributed by atoms with van der Waals surface area (Å²) in [6, 6.07) is 11.3. The van der Waals surface area contributed by atoms with Crippen molar-refractivity contribution in [3.05, 3.63) is 119 Å². The lowest BCUT2D eigenvalue weighted by Crippen LogP contribution is -2.45. The number of pyridine rings is 4. The standard InChI is InChI=1S/C47H42F8N10O6/c1-26-36(16-34(22-57-26)60-43(67)31-13-33(21-56-18-31)47(53,54)55)29-15-39(45(59-19-29)71-25-40(48)49)65-8-11-69-35(23-65)24-70-44-38(64-6-9-68-10-7-64)14-30(20-58-44)37-17-41(63-62-27(37)2)61-42(66)28-4-3-5-32(12-28)46(50,51)52/h3-5,12-22,35,40H,6-11,23-25H2,1-2H3,(H,60,67)(H,61,63,66). The Labute approximate surface area is 399 Å². The molecule has 5 aromatic heterocycles. The summed E-state index contributed by atoms with van der Waals surface area (Å²) in [5, 5.41) is 13.3. The first-order valence-corrected chi connectivity index (χ1v) is 21.8. The third kappa shape index (κ3) is 12.2. The number of rotatable bonds is 14. The van der Waals surface area contributed by atoms with Gasteiger partial charge in [0.15, 0.2) is 12.4 Å². The smallest absolute Gasteiger partial charge is 0.417 e. The van der Waals surface area contributed by atoms with Crippen LogP contribution in [0.2, 0.25) is 0 Å². The van der Waals surface area contributed by atoms with Crippen LogP contribution in [-0.4, -0.2) is 114 Å². The average Bonchev–Trinajstić information content (AvgIpc) is 3.36. The molecule has 2 aliphatic heterocycles. The predicted molar refractivity (Wildman–Crippen MR) is 241 cm³/mol. The molecule has 0 saturated carbocycles. The van der Waals surface area contributed by atoms with Crippen molar-refractivity contribution in [2.75, 3.05) is 79.6 Å². The molecule has 24 heteroatoms. The van der Waals surface area contributed by atoms with Crippen molar-refractivity contribution in [2.24, 2.45) is 0 Å². The van der Waals surface area contributed by atoms with Gasteiger partial charge in [0.1, 0.15) is 24.1 Å². The summed E-state index contributed by atoms with van der Waals surface area (Å²) in [5.41, 5.74) is 1.40. The lowest BCUT2D eigenvalue weighted by atomic mass is 10.0. The molecule has 71 heavy (non-hydrogen) atoms. The van der Waals surface area contributed by atoms with Crippen molar-refractivity contribution in [3.8, 4) is 34.0 Å². The zero-order valence-corrected chi connectivity index (χ0v) is 37.7. The Morgan fingerprint density at radius 2 is 1.35 bits per heavy atom. The number of benzene rings is 1. The summed E-state index contributed by atoms with van der Waals surface area (Å²) in [4.78, 5) is 46.9. The van der Waals surface area contributed by atoms with Gasteiger partial charge in [0.2, 0.25) is 11.8 Å². The van der Waals surface area contributed by atoms with Crippen molar-refractivity contribution < 1.29 is 63.7 Å². The fourth-order valence-corrected chi connectivity index (χ4v) is 7.66. The second-order valence-electron chi connectivity index (χ2n) is 16.2. The van der Waals surface area contributed by atoms with E-state index in [0.29, 0.717) is 90.1 Å². The number of carbonyl (C=O) groups excluding carboxylic acids is 2. The van der Waals surface area contributed by atoms with E-state index in [1.165, 1.54) is 24.5 Å². The van der Waals surface area contributed by atoms with Gasteiger partial charge in [0.05, 0.1) is 54.1 Å². The summed E-state index contributed by atoms with van der Waals surface area (Å²) in [5.74, 6) is -1.53. The molecule has 6 aromatic rings. The zero-order chi connectivity index (χ0) is 50.5. The highest BCUT2D eigenvalue weighted by Gasteiger charge is 2.33. The van der Waals surface area contributed by atoms with E-state index in [0.717, 1.165) is 24.4 Å². The predicted octanol–water partition coefficient (Wildman–Crippen LogP) is 8.31. The highest BCUT2D eigenvalue weighted by atomic mass is 19.4. The van der Waals surface area contributed by atoms with Crippen molar-refractivity contribution in [1.29, 1.82) is 0 Å². The fraction of sp³-hybridized carbons (Fsp3) is 0.319. The number of aromatic nitrogens is 6. The van der Waals surface area contributed by atoms with Crippen LogP contribution < -0.4 is 29.9 Å². The van der Waals surface area contributed by atoms with Crippen LogP contribution in [0.3, 0.4) is 0 Å². The number of carbonyl (C=O) groups is 2. The molecule has 7 heterocycles. The Bertz CT molecular complexity index is 2900. The third-order valence-corrected chi connectivity index (χ3v) is 11.2. The maximum atomic E-state index is 13.5. The minimum absolute atomic E-state index is 0.0111. The lowest BCUT2D eigenvalue weighted by molar-refractivity contribution is -0.138. The van der Waals surface area contributed by atoms with Crippen LogP contribution in [0, 0.1) is 13.8 Å². The molecule has 1 aromatic carbocycles. The molecule has 1 atom stereocenters. The molecule has 0 radical (unpaired) electrons. The third-order valence-electron chi connectivity index (χ3n) is 11.2. The van der Waals surface area contributed by atoms with Gasteiger partial charge in [-0.1, -0.05) is 6.07 Å². The summed E-state index contributed by atoms with van der Waals surface area (Å²) >= 11 is 0. The fourth-order valence-electron chi connectivity index (χ4n) is 7.66. The molecule has 8 rings (SSSR count). The molecule has 0 spiro atoms. The number of halogens is 8. The highest BCUT2D eigenvalue weighted by Crippen LogP contribution is 2.37. The van der Waals surface area contributed by atoms with E-state index >= 15 is 0 Å². The van der Waals surface area contributed by atoms with E-state index < -0.39 is 54.4 Å². The van der Waals surface area contributed by atoms with E-state index in [1.807, 2.05) is 15.9 Å². The number of aryl methyl sites for hydroxylation is 2. The van der Waals surface area contributed by atoms with Gasteiger partial charge in [-0.15, -0.1) is 5.10 Å². The first-order chi connectivity index (χ1) is 33.9. The number of ether oxygens (including phenoxy) is 4. The maximum Gasteiger partial charge on any atom is 0.417 e. The van der Waals surface area contributed by atoms with Gasteiger partial charge < -0.3 is 39.4 Å². The van der Waals surface area contributed by atoms with Crippen LogP contribution in [0.5, 0.6) is 11.8 Å². The van der Waals surface area contributed by atoms with Gasteiger partial charge in [-0.05, 0) is 62.4 Å². The molecule has 0 bridgehead atoms.